The number of amides is 1. The molecule has 122 valence electrons. The van der Waals surface area contributed by atoms with Gasteiger partial charge in [-0.1, -0.05) is 11.6 Å². The molecule has 2 aromatic rings. The lowest BCUT2D eigenvalue weighted by molar-refractivity contribution is -0.123. The highest BCUT2D eigenvalue weighted by atomic mass is 35.5. The first-order chi connectivity index (χ1) is 11.1. The van der Waals surface area contributed by atoms with Gasteiger partial charge < -0.3 is 10.1 Å². The first-order valence-corrected chi connectivity index (χ1v) is 8.23. The van der Waals surface area contributed by atoms with Crippen LogP contribution in [-0.2, 0) is 11.2 Å². The zero-order valence-electron chi connectivity index (χ0n) is 13.0. The molecular formula is C17H20ClN3O2. The third-order valence-electron chi connectivity index (χ3n) is 4.07. The summed E-state index contributed by atoms with van der Waals surface area (Å²) in [7, 11) is 0. The van der Waals surface area contributed by atoms with E-state index in [4.69, 9.17) is 16.3 Å². The van der Waals surface area contributed by atoms with Gasteiger partial charge in [-0.05, 0) is 56.0 Å². The molecule has 0 saturated heterocycles. The van der Waals surface area contributed by atoms with Crippen molar-refractivity contribution in [1.29, 1.82) is 0 Å². The number of aryl methyl sites for hydroxylation is 1. The summed E-state index contributed by atoms with van der Waals surface area (Å²) in [4.78, 5) is 12.4. The number of carbonyl (C=O) groups is 1. The van der Waals surface area contributed by atoms with E-state index in [0.717, 1.165) is 36.3 Å². The molecular weight excluding hydrogens is 314 g/mol. The van der Waals surface area contributed by atoms with E-state index in [1.54, 1.807) is 12.1 Å². The highest BCUT2D eigenvalue weighted by Crippen LogP contribution is 2.29. The van der Waals surface area contributed by atoms with Crippen LogP contribution in [0.3, 0.4) is 0 Å². The number of benzene rings is 1. The third-order valence-corrected chi connectivity index (χ3v) is 4.32. The Morgan fingerprint density at radius 3 is 3.04 bits per heavy atom. The molecule has 2 atom stereocenters. The van der Waals surface area contributed by atoms with E-state index < -0.39 is 0 Å². The number of nitrogens with zero attached hydrogens (tertiary/aromatic N) is 1. The molecule has 1 aromatic heterocycles. The van der Waals surface area contributed by atoms with Crippen molar-refractivity contribution in [2.75, 3.05) is 6.54 Å². The van der Waals surface area contributed by atoms with Crippen molar-refractivity contribution in [3.05, 3.63) is 46.7 Å². The van der Waals surface area contributed by atoms with Crippen LogP contribution < -0.4 is 10.1 Å². The first-order valence-electron chi connectivity index (χ1n) is 7.85. The van der Waals surface area contributed by atoms with Gasteiger partial charge in [0.1, 0.15) is 11.9 Å². The zero-order valence-corrected chi connectivity index (χ0v) is 13.8. The number of halogens is 1. The largest absolute Gasteiger partial charge is 0.489 e. The van der Waals surface area contributed by atoms with Crippen LogP contribution in [0, 0.1) is 0 Å². The minimum Gasteiger partial charge on any atom is -0.489 e. The van der Waals surface area contributed by atoms with E-state index in [1.807, 2.05) is 25.3 Å². The fourth-order valence-corrected chi connectivity index (χ4v) is 3.01. The first kappa shape index (κ1) is 15.9. The molecule has 1 amide bonds. The van der Waals surface area contributed by atoms with Crippen molar-refractivity contribution >= 4 is 17.5 Å². The molecule has 1 heterocycles. The van der Waals surface area contributed by atoms with E-state index in [-0.39, 0.29) is 17.9 Å². The van der Waals surface area contributed by atoms with Gasteiger partial charge in [0.05, 0.1) is 24.4 Å². The predicted octanol–water partition coefficient (Wildman–Crippen LogP) is 3.07. The van der Waals surface area contributed by atoms with Gasteiger partial charge in [-0.2, -0.15) is 5.10 Å². The van der Waals surface area contributed by atoms with Crippen LogP contribution in [0.15, 0.2) is 30.5 Å². The Hall–Kier alpha value is -2.01. The minimum absolute atomic E-state index is 0.0294. The Morgan fingerprint density at radius 1 is 1.48 bits per heavy atom. The van der Waals surface area contributed by atoms with Crippen LogP contribution in [0.5, 0.6) is 5.75 Å². The average Bonchev–Trinajstić information content (AvgIpc) is 3.03. The second kappa shape index (κ2) is 7.04. The molecule has 1 aliphatic carbocycles. The topological polar surface area (TPSA) is 67.0 Å². The van der Waals surface area contributed by atoms with Crippen LogP contribution in [0.25, 0.3) is 0 Å². The number of aromatic nitrogens is 2. The maximum atomic E-state index is 12.4. The Morgan fingerprint density at radius 2 is 2.26 bits per heavy atom. The smallest absolute Gasteiger partial charge is 0.229 e. The zero-order chi connectivity index (χ0) is 16.2. The Kier molecular flexibility index (Phi) is 4.86. The lowest BCUT2D eigenvalue weighted by Gasteiger charge is -2.22. The van der Waals surface area contributed by atoms with Gasteiger partial charge in [-0.3, -0.25) is 9.89 Å². The van der Waals surface area contributed by atoms with Gasteiger partial charge in [0, 0.05) is 5.02 Å². The summed E-state index contributed by atoms with van der Waals surface area (Å²) in [5, 5.41) is 10.7. The highest BCUT2D eigenvalue weighted by molar-refractivity contribution is 6.30. The van der Waals surface area contributed by atoms with Crippen molar-refractivity contribution < 1.29 is 9.53 Å². The van der Waals surface area contributed by atoms with Crippen LogP contribution in [-0.4, -0.2) is 28.8 Å². The van der Waals surface area contributed by atoms with Crippen LogP contribution >= 0.6 is 11.6 Å². The second-order valence-corrected chi connectivity index (χ2v) is 6.32. The van der Waals surface area contributed by atoms with Crippen LogP contribution in [0.2, 0.25) is 5.02 Å². The number of H-pyrrole nitrogens is 1. The van der Waals surface area contributed by atoms with Crippen molar-refractivity contribution in [1.82, 2.24) is 15.5 Å². The number of rotatable bonds is 5. The Labute approximate surface area is 140 Å². The normalized spacial score (nSPS) is 18.1. The number of aromatic amines is 1. The van der Waals surface area contributed by atoms with Gasteiger partial charge in [-0.15, -0.1) is 0 Å². The number of hydrogen-bond donors (Lipinski definition) is 2. The van der Waals surface area contributed by atoms with Crippen molar-refractivity contribution in [2.45, 2.75) is 38.2 Å². The summed E-state index contributed by atoms with van der Waals surface area (Å²) in [6, 6.07) is 7.20. The number of hydrogen-bond acceptors (Lipinski definition) is 3. The highest BCUT2D eigenvalue weighted by Gasteiger charge is 2.28. The van der Waals surface area contributed by atoms with E-state index in [1.165, 1.54) is 0 Å². The van der Waals surface area contributed by atoms with E-state index in [9.17, 15) is 4.79 Å². The minimum atomic E-state index is -0.135. The molecule has 0 spiro atoms. The summed E-state index contributed by atoms with van der Waals surface area (Å²) in [6.45, 7) is 2.39. The van der Waals surface area contributed by atoms with Gasteiger partial charge in [0.15, 0.2) is 0 Å². The summed E-state index contributed by atoms with van der Waals surface area (Å²) in [5.41, 5.74) is 2.11. The average molecular weight is 334 g/mol. The quantitative estimate of drug-likeness (QED) is 0.883. The van der Waals surface area contributed by atoms with Crippen LogP contribution in [0.1, 0.15) is 36.9 Å². The third kappa shape index (κ3) is 3.85. The summed E-state index contributed by atoms with van der Waals surface area (Å²) >= 11 is 5.85. The fraction of sp³-hybridized carbons (Fsp3) is 0.412. The molecule has 3 rings (SSSR count). The molecule has 0 radical (unpaired) electrons. The maximum absolute atomic E-state index is 12.4. The molecule has 0 unspecified atom stereocenters. The molecule has 6 heteroatoms. The molecule has 2 N–H and O–H groups in total. The van der Waals surface area contributed by atoms with Gasteiger partial charge >= 0.3 is 0 Å². The number of ether oxygens (including phenoxy) is 1. The molecule has 0 bridgehead atoms. The van der Waals surface area contributed by atoms with Gasteiger partial charge in [-0.25, -0.2) is 0 Å². The second-order valence-electron chi connectivity index (χ2n) is 5.88. The summed E-state index contributed by atoms with van der Waals surface area (Å²) < 4.78 is 5.77. The SMILES string of the molecule is C[C@H](CNC(=O)[C@@H]1CCCc2cn[nH]c21)Oc1ccc(Cl)cc1. The number of nitrogens with one attached hydrogen (secondary N) is 2. The van der Waals surface area contributed by atoms with Crippen molar-refractivity contribution in [3.8, 4) is 5.75 Å². The van der Waals surface area contributed by atoms with E-state index >= 15 is 0 Å². The standard InChI is InChI=1S/C17H20ClN3O2/c1-11(23-14-7-5-13(18)6-8-14)9-19-17(22)15-4-2-3-12-10-20-21-16(12)15/h5-8,10-11,15H,2-4,9H2,1H3,(H,19,22)(H,20,21)/t11-,15-/m1/s1. The molecule has 0 fully saturated rings. The molecule has 23 heavy (non-hydrogen) atoms. The van der Waals surface area contributed by atoms with E-state index in [2.05, 4.69) is 15.5 Å². The maximum Gasteiger partial charge on any atom is 0.229 e. The molecule has 1 aliphatic rings. The molecule has 0 saturated carbocycles. The fourth-order valence-electron chi connectivity index (χ4n) is 2.88. The Balaban J connectivity index is 1.52. The van der Waals surface area contributed by atoms with Crippen LogP contribution in [0.4, 0.5) is 0 Å². The molecule has 0 aliphatic heterocycles. The van der Waals surface area contributed by atoms with Gasteiger partial charge in [0.25, 0.3) is 0 Å². The molecule has 5 nitrogen and oxygen atoms in total. The number of carbonyl (C=O) groups excluding carboxylic acids is 1. The molecule has 1 aromatic carbocycles. The predicted molar refractivity (Wildman–Crippen MR) is 88.8 cm³/mol. The lowest BCUT2D eigenvalue weighted by Crippen LogP contribution is -2.37. The van der Waals surface area contributed by atoms with E-state index in [0.29, 0.717) is 11.6 Å². The van der Waals surface area contributed by atoms with Gasteiger partial charge in [0.2, 0.25) is 5.91 Å². The summed E-state index contributed by atoms with van der Waals surface area (Å²) in [6.07, 6.45) is 4.56. The van der Waals surface area contributed by atoms with Crippen molar-refractivity contribution in [3.63, 3.8) is 0 Å². The van der Waals surface area contributed by atoms with Crippen molar-refractivity contribution in [2.24, 2.45) is 0 Å². The number of fused-ring (bicyclic) bond motifs is 1. The monoisotopic (exact) mass is 333 g/mol. The Bertz CT molecular complexity index is 669. The summed E-state index contributed by atoms with van der Waals surface area (Å²) in [5.74, 6) is 0.635. The lowest BCUT2D eigenvalue weighted by atomic mass is 9.87.